The van der Waals surface area contributed by atoms with E-state index in [1.165, 1.54) is 26.0 Å². The number of hydrogen-bond donors (Lipinski definition) is 1. The second kappa shape index (κ2) is 5.94. The molecular weight excluding hydrogens is 309 g/mol. The molecule has 0 aliphatic carbocycles. The number of carbonyl (C=O) groups is 1. The second-order valence-electron chi connectivity index (χ2n) is 4.35. The van der Waals surface area contributed by atoms with Gasteiger partial charge >= 0.3 is 0 Å². The fourth-order valence-electron chi connectivity index (χ4n) is 1.33. The Bertz CT molecular complexity index is 634. The van der Waals surface area contributed by atoms with Crippen LogP contribution in [0.3, 0.4) is 0 Å². The smallest absolute Gasteiger partial charge is 0.244 e. The second-order valence-corrected chi connectivity index (χ2v) is 6.77. The molecule has 1 aromatic rings. The number of amides is 1. The molecule has 2 N–H and O–H groups in total. The molecule has 0 aliphatic rings. The summed E-state index contributed by atoms with van der Waals surface area (Å²) >= 11 is 5.73. The van der Waals surface area contributed by atoms with Gasteiger partial charge in [-0.3, -0.25) is 4.79 Å². The maximum absolute atomic E-state index is 13.2. The molecule has 0 heterocycles. The van der Waals surface area contributed by atoms with Gasteiger partial charge in [-0.25, -0.2) is 12.8 Å². The van der Waals surface area contributed by atoms with E-state index in [4.69, 9.17) is 17.3 Å². The van der Waals surface area contributed by atoms with Gasteiger partial charge in [-0.15, -0.1) is 0 Å². The van der Waals surface area contributed by atoms with Crippen LogP contribution in [0.1, 0.15) is 0 Å². The van der Waals surface area contributed by atoms with E-state index in [9.17, 15) is 17.6 Å². The zero-order valence-corrected chi connectivity index (χ0v) is 12.8. The summed E-state index contributed by atoms with van der Waals surface area (Å²) in [5.41, 5.74) is 5.01. The third kappa shape index (κ3) is 3.38. The van der Waals surface area contributed by atoms with Crippen LogP contribution in [0, 0.1) is 5.82 Å². The van der Waals surface area contributed by atoms with Crippen LogP contribution in [0.2, 0.25) is 5.02 Å². The largest absolute Gasteiger partial charge is 0.396 e. The lowest BCUT2D eigenvalue weighted by Gasteiger charge is -2.20. The number of hydrogen-bond acceptors (Lipinski definition) is 4. The van der Waals surface area contributed by atoms with E-state index in [1.54, 1.807) is 0 Å². The van der Waals surface area contributed by atoms with Crippen LogP contribution in [0.15, 0.2) is 17.0 Å². The highest BCUT2D eigenvalue weighted by Gasteiger charge is 2.27. The Hall–Kier alpha value is -1.38. The molecule has 0 atom stereocenters. The van der Waals surface area contributed by atoms with Crippen molar-refractivity contribution in [1.82, 2.24) is 9.21 Å². The van der Waals surface area contributed by atoms with Crippen LogP contribution in [-0.4, -0.2) is 51.2 Å². The van der Waals surface area contributed by atoms with E-state index < -0.39 is 21.7 Å². The number of halogens is 2. The molecule has 0 fully saturated rings. The molecule has 0 aliphatic heterocycles. The van der Waals surface area contributed by atoms with Crippen LogP contribution in [0.25, 0.3) is 0 Å². The molecule has 0 unspecified atom stereocenters. The van der Waals surface area contributed by atoms with Gasteiger partial charge in [-0.2, -0.15) is 4.31 Å². The summed E-state index contributed by atoms with van der Waals surface area (Å²) in [7, 11) is 0.210. The minimum Gasteiger partial charge on any atom is -0.396 e. The maximum Gasteiger partial charge on any atom is 0.244 e. The standard InChI is InChI=1S/C11H15ClFN3O3S/c1-15(2)11(17)6-16(3)20(18,19)10-5-9(14)8(13)4-7(10)12/h4-5H,6,14H2,1-3H3. The van der Waals surface area contributed by atoms with Gasteiger partial charge in [-0.05, 0) is 12.1 Å². The van der Waals surface area contributed by atoms with E-state index in [2.05, 4.69) is 0 Å². The predicted molar refractivity (Wildman–Crippen MR) is 74.3 cm³/mol. The van der Waals surface area contributed by atoms with Gasteiger partial charge in [0.05, 0.1) is 17.3 Å². The molecule has 9 heteroatoms. The molecule has 112 valence electrons. The van der Waals surface area contributed by atoms with Crippen molar-refractivity contribution in [1.29, 1.82) is 0 Å². The molecule has 20 heavy (non-hydrogen) atoms. The Morgan fingerprint density at radius 3 is 2.40 bits per heavy atom. The molecule has 1 rings (SSSR count). The zero-order chi connectivity index (χ0) is 15.7. The summed E-state index contributed by atoms with van der Waals surface area (Å²) in [6.45, 7) is -0.358. The van der Waals surface area contributed by atoms with Crippen molar-refractivity contribution in [2.45, 2.75) is 4.90 Å². The lowest BCUT2D eigenvalue weighted by molar-refractivity contribution is -0.128. The number of benzene rings is 1. The van der Waals surface area contributed by atoms with Crippen LogP contribution < -0.4 is 5.73 Å². The highest BCUT2D eigenvalue weighted by molar-refractivity contribution is 7.89. The van der Waals surface area contributed by atoms with Crippen LogP contribution >= 0.6 is 11.6 Å². The SMILES string of the molecule is CN(C)C(=O)CN(C)S(=O)(=O)c1cc(N)c(F)cc1Cl. The van der Waals surface area contributed by atoms with E-state index in [0.717, 1.165) is 16.4 Å². The van der Waals surface area contributed by atoms with Gasteiger partial charge in [0.2, 0.25) is 15.9 Å². The fourth-order valence-corrected chi connectivity index (χ4v) is 2.97. The van der Waals surface area contributed by atoms with Crippen molar-refractivity contribution in [3.8, 4) is 0 Å². The number of anilines is 1. The van der Waals surface area contributed by atoms with Gasteiger partial charge in [0, 0.05) is 21.1 Å². The Morgan fingerprint density at radius 2 is 1.90 bits per heavy atom. The summed E-state index contributed by atoms with van der Waals surface area (Å²) in [5, 5.41) is -0.291. The van der Waals surface area contributed by atoms with Crippen molar-refractivity contribution < 1.29 is 17.6 Å². The molecule has 0 aromatic heterocycles. The summed E-state index contributed by atoms with van der Waals surface area (Å²) in [5.74, 6) is -1.21. The first-order valence-corrected chi connectivity index (χ1v) is 7.30. The first kappa shape index (κ1) is 16.7. The molecule has 0 spiro atoms. The molecular formula is C11H15ClFN3O3S. The number of rotatable bonds is 4. The van der Waals surface area contributed by atoms with Gasteiger partial charge in [0.15, 0.2) is 0 Å². The van der Waals surface area contributed by atoms with Gasteiger partial charge in [-0.1, -0.05) is 11.6 Å². The summed E-state index contributed by atoms with van der Waals surface area (Å²) in [4.78, 5) is 12.5. The lowest BCUT2D eigenvalue weighted by Crippen LogP contribution is -2.37. The third-order valence-electron chi connectivity index (χ3n) is 2.60. The van der Waals surface area contributed by atoms with E-state index >= 15 is 0 Å². The van der Waals surface area contributed by atoms with Crippen molar-refractivity contribution in [2.75, 3.05) is 33.4 Å². The topological polar surface area (TPSA) is 83.7 Å². The number of nitrogens with two attached hydrogens (primary N) is 1. The summed E-state index contributed by atoms with van der Waals surface area (Å²) in [6.07, 6.45) is 0. The Morgan fingerprint density at radius 1 is 1.35 bits per heavy atom. The fraction of sp³-hybridized carbons (Fsp3) is 0.364. The molecule has 0 saturated carbocycles. The van der Waals surface area contributed by atoms with Crippen LogP contribution in [0.4, 0.5) is 10.1 Å². The minimum atomic E-state index is -4.03. The molecule has 1 amide bonds. The number of carbonyl (C=O) groups excluding carboxylic acids is 1. The number of likely N-dealkylation sites (N-methyl/N-ethyl adjacent to an activating group) is 2. The molecule has 1 aromatic carbocycles. The Balaban J connectivity index is 3.17. The Kier molecular flexibility index (Phi) is 4.95. The van der Waals surface area contributed by atoms with Gasteiger partial charge in [0.25, 0.3) is 0 Å². The number of nitrogens with zero attached hydrogens (tertiary/aromatic N) is 2. The van der Waals surface area contributed by atoms with Crippen LogP contribution in [-0.2, 0) is 14.8 Å². The van der Waals surface area contributed by atoms with Gasteiger partial charge in [0.1, 0.15) is 10.7 Å². The monoisotopic (exact) mass is 323 g/mol. The summed E-state index contributed by atoms with van der Waals surface area (Å²) in [6, 6.07) is 1.76. The normalized spacial score (nSPS) is 11.7. The van der Waals surface area contributed by atoms with E-state index in [1.807, 2.05) is 0 Å². The molecule has 0 radical (unpaired) electrons. The van der Waals surface area contributed by atoms with E-state index in [-0.39, 0.29) is 22.2 Å². The lowest BCUT2D eigenvalue weighted by atomic mass is 10.3. The molecule has 0 bridgehead atoms. The van der Waals surface area contributed by atoms with Crippen molar-refractivity contribution in [3.63, 3.8) is 0 Å². The Labute approximate surface area is 122 Å². The quantitative estimate of drug-likeness (QED) is 0.830. The van der Waals surface area contributed by atoms with Crippen molar-refractivity contribution in [2.24, 2.45) is 0 Å². The maximum atomic E-state index is 13.2. The van der Waals surface area contributed by atoms with Crippen molar-refractivity contribution in [3.05, 3.63) is 23.0 Å². The average molecular weight is 324 g/mol. The molecule has 6 nitrogen and oxygen atoms in total. The third-order valence-corrected chi connectivity index (χ3v) is 4.86. The zero-order valence-electron chi connectivity index (χ0n) is 11.2. The summed E-state index contributed by atoms with van der Waals surface area (Å²) < 4.78 is 38.5. The van der Waals surface area contributed by atoms with Crippen LogP contribution in [0.5, 0.6) is 0 Å². The average Bonchev–Trinajstić information content (AvgIpc) is 2.33. The highest BCUT2D eigenvalue weighted by Crippen LogP contribution is 2.28. The first-order chi connectivity index (χ1) is 9.07. The number of nitrogen functional groups attached to an aromatic ring is 1. The first-order valence-electron chi connectivity index (χ1n) is 5.48. The number of sulfonamides is 1. The highest BCUT2D eigenvalue weighted by atomic mass is 35.5. The van der Waals surface area contributed by atoms with Gasteiger partial charge < -0.3 is 10.6 Å². The minimum absolute atomic E-state index is 0.291. The van der Waals surface area contributed by atoms with Crippen molar-refractivity contribution >= 4 is 33.2 Å². The predicted octanol–water partition coefficient (Wildman–Crippen LogP) is 0.770. The molecule has 0 saturated heterocycles. The van der Waals surface area contributed by atoms with E-state index in [0.29, 0.717) is 0 Å².